The Labute approximate surface area is 111 Å². The van der Waals surface area contributed by atoms with Crippen molar-refractivity contribution in [2.45, 2.75) is 50.9 Å². The van der Waals surface area contributed by atoms with Crippen LogP contribution in [0.15, 0.2) is 0 Å². The minimum absolute atomic E-state index is 0.0723. The van der Waals surface area contributed by atoms with Gasteiger partial charge in [0.15, 0.2) is 0 Å². The SMILES string of the molecule is CCC1(C)CC(N(C)CC2CNCCO2)CCO1. The third-order valence-electron chi connectivity index (χ3n) is 4.44. The van der Waals surface area contributed by atoms with Gasteiger partial charge in [-0.3, -0.25) is 0 Å². The van der Waals surface area contributed by atoms with Gasteiger partial charge in [-0.1, -0.05) is 6.92 Å². The summed E-state index contributed by atoms with van der Waals surface area (Å²) < 4.78 is 11.7. The Morgan fingerprint density at radius 1 is 1.39 bits per heavy atom. The molecule has 0 aliphatic carbocycles. The number of morpholine rings is 1. The Kier molecular flexibility index (Phi) is 5.01. The largest absolute Gasteiger partial charge is 0.375 e. The fourth-order valence-electron chi connectivity index (χ4n) is 2.93. The van der Waals surface area contributed by atoms with Crippen molar-refractivity contribution in [1.29, 1.82) is 0 Å². The highest BCUT2D eigenvalue weighted by atomic mass is 16.5. The first-order valence-electron chi connectivity index (χ1n) is 7.29. The van der Waals surface area contributed by atoms with E-state index in [2.05, 4.69) is 31.1 Å². The first kappa shape index (κ1) is 14.3. The Morgan fingerprint density at radius 2 is 2.22 bits per heavy atom. The predicted octanol–water partition coefficient (Wildman–Crippen LogP) is 1.25. The summed E-state index contributed by atoms with van der Waals surface area (Å²) in [6.07, 6.45) is 3.73. The summed E-state index contributed by atoms with van der Waals surface area (Å²) in [6.45, 7) is 9.20. The topological polar surface area (TPSA) is 33.7 Å². The molecule has 2 rings (SSSR count). The molecule has 0 spiro atoms. The van der Waals surface area contributed by atoms with E-state index >= 15 is 0 Å². The van der Waals surface area contributed by atoms with Gasteiger partial charge in [-0.15, -0.1) is 0 Å². The van der Waals surface area contributed by atoms with Crippen LogP contribution in [0, 0.1) is 0 Å². The van der Waals surface area contributed by atoms with E-state index in [4.69, 9.17) is 9.47 Å². The number of hydrogen-bond donors (Lipinski definition) is 1. The second-order valence-corrected chi connectivity index (χ2v) is 5.94. The monoisotopic (exact) mass is 256 g/mol. The Hall–Kier alpha value is -0.160. The number of likely N-dealkylation sites (N-methyl/N-ethyl adjacent to an activating group) is 1. The number of nitrogens with one attached hydrogen (secondary N) is 1. The van der Waals surface area contributed by atoms with Crippen LogP contribution in [-0.4, -0.2) is 62.5 Å². The third kappa shape index (κ3) is 3.67. The summed E-state index contributed by atoms with van der Waals surface area (Å²) in [5, 5.41) is 3.39. The van der Waals surface area contributed by atoms with Crippen LogP contribution in [-0.2, 0) is 9.47 Å². The van der Waals surface area contributed by atoms with Crippen molar-refractivity contribution < 1.29 is 9.47 Å². The lowest BCUT2D eigenvalue weighted by Gasteiger charge is -2.42. The average molecular weight is 256 g/mol. The molecule has 0 saturated carbocycles. The van der Waals surface area contributed by atoms with Gasteiger partial charge in [-0.25, -0.2) is 0 Å². The molecule has 2 fully saturated rings. The lowest BCUT2D eigenvalue weighted by atomic mass is 9.89. The Bertz CT molecular complexity index is 256. The van der Waals surface area contributed by atoms with Gasteiger partial charge >= 0.3 is 0 Å². The van der Waals surface area contributed by atoms with Crippen LogP contribution in [0.3, 0.4) is 0 Å². The van der Waals surface area contributed by atoms with Crippen LogP contribution in [0.1, 0.15) is 33.1 Å². The predicted molar refractivity (Wildman–Crippen MR) is 72.9 cm³/mol. The van der Waals surface area contributed by atoms with Gasteiger partial charge in [0.1, 0.15) is 0 Å². The highest BCUT2D eigenvalue weighted by Gasteiger charge is 2.34. The van der Waals surface area contributed by atoms with Crippen molar-refractivity contribution in [3.63, 3.8) is 0 Å². The smallest absolute Gasteiger partial charge is 0.0826 e. The van der Waals surface area contributed by atoms with E-state index in [1.165, 1.54) is 0 Å². The van der Waals surface area contributed by atoms with Gasteiger partial charge in [-0.05, 0) is 33.2 Å². The molecule has 0 amide bonds. The van der Waals surface area contributed by atoms with E-state index in [0.717, 1.165) is 52.1 Å². The highest BCUT2D eigenvalue weighted by Crippen LogP contribution is 2.30. The van der Waals surface area contributed by atoms with Gasteiger partial charge in [-0.2, -0.15) is 0 Å². The minimum atomic E-state index is 0.0723. The van der Waals surface area contributed by atoms with Crippen molar-refractivity contribution in [3.8, 4) is 0 Å². The maximum absolute atomic E-state index is 5.91. The quantitative estimate of drug-likeness (QED) is 0.821. The molecule has 18 heavy (non-hydrogen) atoms. The van der Waals surface area contributed by atoms with Crippen molar-refractivity contribution in [2.24, 2.45) is 0 Å². The van der Waals surface area contributed by atoms with Crippen LogP contribution in [0.2, 0.25) is 0 Å². The average Bonchev–Trinajstić information content (AvgIpc) is 2.40. The zero-order valence-corrected chi connectivity index (χ0v) is 12.1. The van der Waals surface area contributed by atoms with Crippen molar-refractivity contribution >= 4 is 0 Å². The van der Waals surface area contributed by atoms with E-state index in [1.54, 1.807) is 0 Å². The van der Waals surface area contributed by atoms with Crippen LogP contribution in [0.4, 0.5) is 0 Å². The molecule has 3 atom stereocenters. The number of hydrogen-bond acceptors (Lipinski definition) is 4. The highest BCUT2D eigenvalue weighted by molar-refractivity contribution is 4.87. The molecule has 2 heterocycles. The molecule has 3 unspecified atom stereocenters. The number of rotatable bonds is 4. The summed E-state index contributed by atoms with van der Waals surface area (Å²) in [5.74, 6) is 0. The molecule has 106 valence electrons. The normalized spacial score (nSPS) is 38.0. The summed E-state index contributed by atoms with van der Waals surface area (Å²) in [4.78, 5) is 2.47. The lowest BCUT2D eigenvalue weighted by molar-refractivity contribution is -0.0993. The molecule has 0 aromatic carbocycles. The van der Waals surface area contributed by atoms with E-state index in [-0.39, 0.29) is 5.60 Å². The molecule has 0 bridgehead atoms. The maximum atomic E-state index is 5.91. The fourth-order valence-corrected chi connectivity index (χ4v) is 2.93. The second kappa shape index (κ2) is 6.33. The van der Waals surface area contributed by atoms with Gasteiger partial charge in [0, 0.05) is 32.3 Å². The van der Waals surface area contributed by atoms with Crippen LogP contribution in [0.25, 0.3) is 0 Å². The first-order valence-corrected chi connectivity index (χ1v) is 7.29. The molecule has 0 radical (unpaired) electrons. The minimum Gasteiger partial charge on any atom is -0.375 e. The summed E-state index contributed by atoms with van der Waals surface area (Å²) >= 11 is 0. The molecule has 0 aromatic heterocycles. The molecule has 4 nitrogen and oxygen atoms in total. The molecule has 1 N–H and O–H groups in total. The fraction of sp³-hybridized carbons (Fsp3) is 1.00. The second-order valence-electron chi connectivity index (χ2n) is 5.94. The molecule has 2 aliphatic rings. The van der Waals surface area contributed by atoms with Gasteiger partial charge in [0.05, 0.1) is 18.3 Å². The number of ether oxygens (including phenoxy) is 2. The molecule has 2 saturated heterocycles. The molecule has 0 aromatic rings. The van der Waals surface area contributed by atoms with Crippen LogP contribution < -0.4 is 5.32 Å². The van der Waals surface area contributed by atoms with Crippen molar-refractivity contribution in [2.75, 3.05) is 39.9 Å². The van der Waals surface area contributed by atoms with Crippen LogP contribution >= 0.6 is 0 Å². The maximum Gasteiger partial charge on any atom is 0.0826 e. The van der Waals surface area contributed by atoms with E-state index in [0.29, 0.717) is 12.1 Å². The summed E-state index contributed by atoms with van der Waals surface area (Å²) in [5.41, 5.74) is 0.0723. The van der Waals surface area contributed by atoms with Crippen molar-refractivity contribution in [3.05, 3.63) is 0 Å². The third-order valence-corrected chi connectivity index (χ3v) is 4.44. The zero-order chi connectivity index (χ0) is 13.0. The van der Waals surface area contributed by atoms with Gasteiger partial charge < -0.3 is 19.7 Å². The molecule has 4 heteroatoms. The summed E-state index contributed by atoms with van der Waals surface area (Å²) in [6, 6.07) is 0.634. The van der Waals surface area contributed by atoms with E-state index in [1.807, 2.05) is 0 Å². The lowest BCUT2D eigenvalue weighted by Crippen LogP contribution is -2.50. The van der Waals surface area contributed by atoms with Crippen molar-refractivity contribution in [1.82, 2.24) is 10.2 Å². The molecule has 2 aliphatic heterocycles. The van der Waals surface area contributed by atoms with Crippen LogP contribution in [0.5, 0.6) is 0 Å². The van der Waals surface area contributed by atoms with Gasteiger partial charge in [0.25, 0.3) is 0 Å². The summed E-state index contributed by atoms with van der Waals surface area (Å²) in [7, 11) is 2.23. The van der Waals surface area contributed by atoms with E-state index < -0.39 is 0 Å². The van der Waals surface area contributed by atoms with Gasteiger partial charge in [0.2, 0.25) is 0 Å². The zero-order valence-electron chi connectivity index (χ0n) is 12.1. The Balaban J connectivity index is 1.82. The van der Waals surface area contributed by atoms with E-state index in [9.17, 15) is 0 Å². The Morgan fingerprint density at radius 3 is 2.89 bits per heavy atom. The molecular weight excluding hydrogens is 228 g/mol. The first-order chi connectivity index (χ1) is 8.63. The number of nitrogens with zero attached hydrogens (tertiary/aromatic N) is 1. The standard InChI is InChI=1S/C14H28N2O2/c1-4-14(2)9-12(5-7-18-14)16(3)11-13-10-15-6-8-17-13/h12-13,15H,4-11H2,1-3H3. The molecular formula is C14H28N2O2.